The minimum Gasteiger partial charge on any atom is -0.307 e. The lowest BCUT2D eigenvalue weighted by molar-refractivity contribution is 0.102. The third-order valence-electron chi connectivity index (χ3n) is 5.14. The van der Waals surface area contributed by atoms with Crippen LogP contribution < -0.4 is 5.32 Å². The number of pyridine rings is 1. The minimum atomic E-state index is -0.591. The fraction of sp³-hybridized carbons (Fsp3) is 0.0833. The summed E-state index contributed by atoms with van der Waals surface area (Å²) in [6.07, 6.45) is 1.53. The monoisotopic (exact) mass is 466 g/mol. The van der Waals surface area contributed by atoms with Gasteiger partial charge in [-0.1, -0.05) is 11.6 Å². The highest BCUT2D eigenvalue weighted by Crippen LogP contribution is 2.29. The Balaban J connectivity index is 1.68. The number of aromatic nitrogens is 3. The summed E-state index contributed by atoms with van der Waals surface area (Å²) in [7, 11) is 1.66. The Morgan fingerprint density at radius 2 is 1.73 bits per heavy atom. The predicted molar refractivity (Wildman–Crippen MR) is 120 cm³/mol. The number of nitrogens with one attached hydrogen (secondary N) is 1. The Morgan fingerprint density at radius 1 is 1.00 bits per heavy atom. The van der Waals surface area contributed by atoms with Crippen LogP contribution in [0.5, 0.6) is 0 Å². The van der Waals surface area contributed by atoms with Gasteiger partial charge in [0.25, 0.3) is 5.91 Å². The predicted octanol–water partition coefficient (Wildman–Crippen LogP) is 5.21. The highest BCUT2D eigenvalue weighted by Gasteiger charge is 2.19. The molecular formula is C24H17ClF2N4O2. The summed E-state index contributed by atoms with van der Waals surface area (Å²) in [5, 5.41) is 6.55. The molecule has 4 aromatic rings. The molecule has 2 aromatic heterocycles. The number of carbonyl (C=O) groups is 2. The van der Waals surface area contributed by atoms with E-state index in [1.807, 2.05) is 0 Å². The van der Waals surface area contributed by atoms with Crippen molar-refractivity contribution >= 4 is 29.1 Å². The van der Waals surface area contributed by atoms with Crippen LogP contribution in [0.3, 0.4) is 0 Å². The third kappa shape index (κ3) is 4.51. The third-order valence-corrected chi connectivity index (χ3v) is 5.43. The minimum absolute atomic E-state index is 0.0821. The first-order chi connectivity index (χ1) is 15.7. The summed E-state index contributed by atoms with van der Waals surface area (Å²) in [5.74, 6) is -1.55. The number of hydrogen-bond acceptors (Lipinski definition) is 4. The second-order valence-corrected chi connectivity index (χ2v) is 7.65. The zero-order valence-electron chi connectivity index (χ0n) is 17.6. The van der Waals surface area contributed by atoms with Crippen molar-refractivity contribution in [2.75, 3.05) is 5.32 Å². The molecule has 1 N–H and O–H groups in total. The summed E-state index contributed by atoms with van der Waals surface area (Å²) in [5.41, 5.74) is 1.38. The first-order valence-electron chi connectivity index (χ1n) is 9.81. The van der Waals surface area contributed by atoms with E-state index in [0.29, 0.717) is 17.1 Å². The van der Waals surface area contributed by atoms with E-state index in [9.17, 15) is 18.4 Å². The molecular weight excluding hydrogens is 450 g/mol. The van der Waals surface area contributed by atoms with Crippen LogP contribution in [0, 0.1) is 18.6 Å². The van der Waals surface area contributed by atoms with Crippen molar-refractivity contribution in [1.82, 2.24) is 14.8 Å². The van der Waals surface area contributed by atoms with Gasteiger partial charge in [-0.05, 0) is 61.0 Å². The Hall–Kier alpha value is -3.91. The second kappa shape index (κ2) is 8.91. The van der Waals surface area contributed by atoms with Crippen LogP contribution >= 0.6 is 11.6 Å². The number of rotatable bonds is 5. The van der Waals surface area contributed by atoms with Gasteiger partial charge in [0.2, 0.25) is 0 Å². The first-order valence-corrected chi connectivity index (χ1v) is 10.2. The maximum Gasteiger partial charge on any atom is 0.256 e. The lowest BCUT2D eigenvalue weighted by Crippen LogP contribution is -2.15. The molecule has 0 bridgehead atoms. The maximum atomic E-state index is 14.7. The highest BCUT2D eigenvalue weighted by atomic mass is 35.5. The summed E-state index contributed by atoms with van der Waals surface area (Å²) in [6.45, 7) is 1.56. The number of ketones is 1. The average Bonchev–Trinajstić information content (AvgIpc) is 3.19. The number of anilines is 1. The zero-order valence-corrected chi connectivity index (χ0v) is 18.3. The van der Waals surface area contributed by atoms with Crippen molar-refractivity contribution in [1.29, 1.82) is 0 Å². The molecule has 2 heterocycles. The van der Waals surface area contributed by atoms with Crippen molar-refractivity contribution < 1.29 is 18.4 Å². The highest BCUT2D eigenvalue weighted by molar-refractivity contribution is 6.34. The second-order valence-electron chi connectivity index (χ2n) is 7.30. The molecule has 0 aliphatic carbocycles. The summed E-state index contributed by atoms with van der Waals surface area (Å²) < 4.78 is 29.3. The molecule has 1 amide bonds. The molecule has 166 valence electrons. The normalized spacial score (nSPS) is 10.8. The molecule has 33 heavy (non-hydrogen) atoms. The van der Waals surface area contributed by atoms with Gasteiger partial charge in [-0.2, -0.15) is 5.10 Å². The van der Waals surface area contributed by atoms with Crippen LogP contribution in [0.25, 0.3) is 11.3 Å². The topological polar surface area (TPSA) is 76.9 Å². The standard InChI is InChI=1S/C24H17ClF2N4O2/c1-13-18(11-15(12-19(13)27)24(33)30-21-9-10-28-31(21)2)20-8-7-17(23(25)29-20)22(32)14-3-5-16(26)6-4-14/h3-12H,1-2H3,(H,30,33). The molecule has 0 fully saturated rings. The van der Waals surface area contributed by atoms with E-state index in [4.69, 9.17) is 11.6 Å². The van der Waals surface area contributed by atoms with Gasteiger partial charge in [0.1, 0.15) is 22.6 Å². The van der Waals surface area contributed by atoms with Gasteiger partial charge in [-0.25, -0.2) is 13.8 Å². The molecule has 4 rings (SSSR count). The fourth-order valence-electron chi connectivity index (χ4n) is 3.27. The molecule has 9 heteroatoms. The number of benzene rings is 2. The van der Waals surface area contributed by atoms with Crippen LogP contribution in [0.15, 0.2) is 60.8 Å². The summed E-state index contributed by atoms with van der Waals surface area (Å²) in [4.78, 5) is 29.6. The van der Waals surface area contributed by atoms with Crippen LogP contribution in [0.2, 0.25) is 5.15 Å². The van der Waals surface area contributed by atoms with E-state index in [-0.39, 0.29) is 27.4 Å². The van der Waals surface area contributed by atoms with E-state index < -0.39 is 23.3 Å². The van der Waals surface area contributed by atoms with E-state index in [1.54, 1.807) is 20.0 Å². The molecule has 0 aliphatic heterocycles. The van der Waals surface area contributed by atoms with Gasteiger partial charge in [0.05, 0.1) is 17.5 Å². The van der Waals surface area contributed by atoms with E-state index >= 15 is 0 Å². The number of amides is 1. The average molecular weight is 467 g/mol. The molecule has 0 spiro atoms. The van der Waals surface area contributed by atoms with E-state index in [0.717, 1.165) is 6.07 Å². The molecule has 0 saturated heterocycles. The van der Waals surface area contributed by atoms with Crippen molar-refractivity contribution in [2.45, 2.75) is 6.92 Å². The van der Waals surface area contributed by atoms with Gasteiger partial charge in [-0.15, -0.1) is 0 Å². The first kappa shape index (κ1) is 22.3. The molecule has 0 aliphatic rings. The van der Waals surface area contributed by atoms with E-state index in [2.05, 4.69) is 15.4 Å². The van der Waals surface area contributed by atoms with Crippen molar-refractivity contribution in [3.8, 4) is 11.3 Å². The van der Waals surface area contributed by atoms with Gasteiger partial charge >= 0.3 is 0 Å². The van der Waals surface area contributed by atoms with Crippen molar-refractivity contribution in [3.63, 3.8) is 0 Å². The fourth-order valence-corrected chi connectivity index (χ4v) is 3.51. The van der Waals surface area contributed by atoms with E-state index in [1.165, 1.54) is 53.3 Å². The zero-order chi connectivity index (χ0) is 23.7. The van der Waals surface area contributed by atoms with Crippen LogP contribution in [0.4, 0.5) is 14.6 Å². The van der Waals surface area contributed by atoms with Crippen LogP contribution in [-0.4, -0.2) is 26.5 Å². The quantitative estimate of drug-likeness (QED) is 0.324. The number of nitrogens with zero attached hydrogens (tertiary/aromatic N) is 3. The Kier molecular flexibility index (Phi) is 6.02. The van der Waals surface area contributed by atoms with Crippen LogP contribution in [0.1, 0.15) is 31.8 Å². The molecule has 6 nitrogen and oxygen atoms in total. The molecule has 2 aromatic carbocycles. The number of carbonyl (C=O) groups excluding carboxylic acids is 2. The molecule has 0 radical (unpaired) electrons. The van der Waals surface area contributed by atoms with Crippen LogP contribution in [-0.2, 0) is 7.05 Å². The van der Waals surface area contributed by atoms with Gasteiger partial charge in [0, 0.05) is 29.8 Å². The van der Waals surface area contributed by atoms with Gasteiger partial charge < -0.3 is 5.32 Å². The molecule has 0 atom stereocenters. The number of hydrogen-bond donors (Lipinski definition) is 1. The van der Waals surface area contributed by atoms with Gasteiger partial charge in [-0.3, -0.25) is 14.3 Å². The Labute approximate surface area is 192 Å². The number of aryl methyl sites for hydroxylation is 1. The number of halogens is 3. The van der Waals surface area contributed by atoms with Gasteiger partial charge in [0.15, 0.2) is 5.78 Å². The maximum absolute atomic E-state index is 14.7. The molecule has 0 saturated carbocycles. The van der Waals surface area contributed by atoms with Crippen molar-refractivity contribution in [2.24, 2.45) is 7.05 Å². The lowest BCUT2D eigenvalue weighted by Gasteiger charge is -2.12. The smallest absolute Gasteiger partial charge is 0.256 e. The summed E-state index contributed by atoms with van der Waals surface area (Å²) >= 11 is 6.27. The Morgan fingerprint density at radius 3 is 2.36 bits per heavy atom. The van der Waals surface area contributed by atoms with Crippen molar-refractivity contribution in [3.05, 3.63) is 99.8 Å². The summed E-state index contributed by atoms with van der Waals surface area (Å²) in [6, 6.07) is 12.3. The SMILES string of the molecule is Cc1c(F)cc(C(=O)Nc2ccnn2C)cc1-c1ccc(C(=O)c2ccc(F)cc2)c(Cl)n1. The molecule has 0 unspecified atom stereocenters. The largest absolute Gasteiger partial charge is 0.307 e. The Bertz CT molecular complexity index is 1380. The lowest BCUT2D eigenvalue weighted by atomic mass is 9.99.